The molecule has 0 aromatic heterocycles. The fourth-order valence-corrected chi connectivity index (χ4v) is 1.71. The van der Waals surface area contributed by atoms with Crippen LogP contribution in [0.25, 0.3) is 0 Å². The Hall–Kier alpha value is -1.07. The average Bonchev–Trinajstić information content (AvgIpc) is 3.19. The van der Waals surface area contributed by atoms with Crippen molar-refractivity contribution in [2.75, 3.05) is 5.23 Å². The van der Waals surface area contributed by atoms with Gasteiger partial charge in [-0.1, -0.05) is 0 Å². The summed E-state index contributed by atoms with van der Waals surface area (Å²) in [6, 6.07) is 10.1. The van der Waals surface area contributed by atoms with Crippen LogP contribution < -0.4 is 5.23 Å². The zero-order valence-electron chi connectivity index (χ0n) is 11.8. The molecule has 1 N–H and O–H groups in total. The SMILES string of the molecule is [C-]1=CC=CC1.[C-]1=CC=CC1.[CH3-].[Zr]=[B]Nc1ccccc1. The van der Waals surface area contributed by atoms with Crippen molar-refractivity contribution in [3.05, 3.63) is 86.4 Å². The van der Waals surface area contributed by atoms with Gasteiger partial charge in [0, 0.05) is 0 Å². The number of hydrogen-bond donors (Lipinski definition) is 1. The van der Waals surface area contributed by atoms with E-state index in [1.807, 2.05) is 59.1 Å². The van der Waals surface area contributed by atoms with Crippen molar-refractivity contribution < 1.29 is 24.0 Å². The Bertz CT molecular complexity index is 419. The minimum absolute atomic E-state index is 0. The van der Waals surface area contributed by atoms with Crippen LogP contribution in [0, 0.1) is 19.6 Å². The molecule has 3 heteroatoms. The third kappa shape index (κ3) is 10.8. The van der Waals surface area contributed by atoms with E-state index in [0.717, 1.165) is 18.5 Å². The number of anilines is 1. The summed E-state index contributed by atoms with van der Waals surface area (Å²) in [5, 5.41) is 3.12. The van der Waals surface area contributed by atoms with E-state index in [4.69, 9.17) is 0 Å². The van der Waals surface area contributed by atoms with E-state index in [-0.39, 0.29) is 7.43 Å². The molecule has 0 unspecified atom stereocenters. The molecular weight excluding hydrogens is 320 g/mol. The molecule has 0 fully saturated rings. The summed E-state index contributed by atoms with van der Waals surface area (Å²) in [7, 11) is 0. The Balaban J connectivity index is 0.000000282. The minimum atomic E-state index is 0. The molecule has 0 bridgehead atoms. The molecule has 0 radical (unpaired) electrons. The maximum absolute atomic E-state index is 3.12. The molecule has 0 spiro atoms. The first-order valence-electron chi connectivity index (χ1n) is 6.17. The van der Waals surface area contributed by atoms with Crippen LogP contribution in [0.4, 0.5) is 5.69 Å². The van der Waals surface area contributed by atoms with E-state index < -0.39 is 0 Å². The third-order valence-corrected chi connectivity index (χ3v) is 2.54. The molecule has 0 saturated heterocycles. The number of nitrogens with one attached hydrogen (secondary N) is 1. The maximum atomic E-state index is 3.12. The van der Waals surface area contributed by atoms with E-state index in [1.165, 1.54) is 24.0 Å². The second-order valence-electron chi connectivity index (χ2n) is 3.66. The summed E-state index contributed by atoms with van der Waals surface area (Å²) >= 11 is 1.40. The molecule has 0 amide bonds. The van der Waals surface area contributed by atoms with Crippen molar-refractivity contribution in [3.8, 4) is 0 Å². The zero-order chi connectivity index (χ0) is 13.6. The number of benzene rings is 1. The van der Waals surface area contributed by atoms with Crippen molar-refractivity contribution in [1.82, 2.24) is 0 Å². The molecule has 0 aliphatic heterocycles. The van der Waals surface area contributed by atoms with Crippen LogP contribution in [-0.2, 0) is 24.0 Å². The molecular formula is C17H19BNZr-3. The van der Waals surface area contributed by atoms with Gasteiger partial charge in [0.2, 0.25) is 0 Å². The van der Waals surface area contributed by atoms with Crippen molar-refractivity contribution in [3.63, 3.8) is 0 Å². The van der Waals surface area contributed by atoms with Gasteiger partial charge in [-0.15, -0.1) is 12.8 Å². The zero-order valence-corrected chi connectivity index (χ0v) is 14.3. The van der Waals surface area contributed by atoms with Crippen LogP contribution in [0.1, 0.15) is 12.8 Å². The molecule has 3 rings (SSSR count). The summed E-state index contributed by atoms with van der Waals surface area (Å²) in [5.74, 6) is 0. The standard InChI is InChI=1S/C6H6BN.2C5H5.CH3.Zr/c7-8-6-4-2-1-3-5-6;2*1-2-4-5-3-1;;/h1-5,8H;2*1-3H,4H2;1H3;/q;3*-1;. The van der Waals surface area contributed by atoms with Gasteiger partial charge < -0.3 is 7.43 Å². The van der Waals surface area contributed by atoms with Crippen molar-refractivity contribution >= 4 is 10.2 Å². The van der Waals surface area contributed by atoms with Crippen molar-refractivity contribution in [2.24, 2.45) is 0 Å². The summed E-state index contributed by atoms with van der Waals surface area (Å²) in [6.07, 6.45) is 20.0. The number of para-hydroxylation sites is 1. The summed E-state index contributed by atoms with van der Waals surface area (Å²) < 4.78 is 2.00. The fraction of sp³-hybridized carbons (Fsp3) is 0.118. The average molecular weight is 339 g/mol. The van der Waals surface area contributed by atoms with Gasteiger partial charge >= 0.3 is 69.7 Å². The van der Waals surface area contributed by atoms with Gasteiger partial charge in [-0.2, -0.15) is 12.2 Å². The first-order valence-corrected chi connectivity index (χ1v) is 7.59. The molecule has 2 aliphatic rings. The summed E-state index contributed by atoms with van der Waals surface area (Å²) in [6.45, 7) is 0. The molecule has 0 heterocycles. The van der Waals surface area contributed by atoms with Crippen molar-refractivity contribution in [2.45, 2.75) is 12.8 Å². The van der Waals surface area contributed by atoms with Crippen LogP contribution in [0.5, 0.6) is 0 Å². The van der Waals surface area contributed by atoms with Gasteiger partial charge in [-0.3, -0.25) is 12.2 Å². The Labute approximate surface area is 138 Å². The molecule has 1 aromatic carbocycles. The quantitative estimate of drug-likeness (QED) is 0.628. The Morgan fingerprint density at radius 2 is 1.50 bits per heavy atom. The van der Waals surface area contributed by atoms with E-state index in [1.54, 1.807) is 0 Å². The topological polar surface area (TPSA) is 12.0 Å². The van der Waals surface area contributed by atoms with Gasteiger partial charge in [0.15, 0.2) is 0 Å². The number of allylic oxidation sites excluding steroid dienone is 8. The van der Waals surface area contributed by atoms with Crippen LogP contribution in [0.2, 0.25) is 0 Å². The van der Waals surface area contributed by atoms with Crippen LogP contribution >= 0.6 is 0 Å². The first kappa shape index (κ1) is 18.9. The van der Waals surface area contributed by atoms with Gasteiger partial charge in [-0.05, 0) is 0 Å². The Morgan fingerprint density at radius 3 is 1.80 bits per heavy atom. The predicted molar refractivity (Wildman–Crippen MR) is 85.4 cm³/mol. The molecule has 0 saturated carbocycles. The second kappa shape index (κ2) is 14.3. The molecule has 1 nitrogen and oxygen atoms in total. The summed E-state index contributed by atoms with van der Waals surface area (Å²) in [5.41, 5.74) is 1.16. The fourth-order valence-electron chi connectivity index (χ4n) is 1.30. The van der Waals surface area contributed by atoms with Crippen LogP contribution in [0.3, 0.4) is 0 Å². The number of rotatable bonds is 2. The molecule has 102 valence electrons. The second-order valence-corrected chi connectivity index (χ2v) is 4.37. The first-order chi connectivity index (χ1) is 9.43. The molecule has 20 heavy (non-hydrogen) atoms. The third-order valence-electron chi connectivity index (χ3n) is 2.18. The van der Waals surface area contributed by atoms with Crippen molar-refractivity contribution in [1.29, 1.82) is 0 Å². The van der Waals surface area contributed by atoms with Gasteiger partial charge in [-0.25, -0.2) is 24.3 Å². The predicted octanol–water partition coefficient (Wildman–Crippen LogP) is 4.24. The van der Waals surface area contributed by atoms with Gasteiger partial charge in [0.05, 0.1) is 0 Å². The van der Waals surface area contributed by atoms with E-state index in [0.29, 0.717) is 0 Å². The van der Waals surface area contributed by atoms with Gasteiger partial charge in [0.25, 0.3) is 0 Å². The number of hydrogen-bond acceptors (Lipinski definition) is 1. The Morgan fingerprint density at radius 1 is 0.950 bits per heavy atom. The normalized spacial score (nSPS) is 12.3. The van der Waals surface area contributed by atoms with Gasteiger partial charge in [0.1, 0.15) is 0 Å². The molecule has 0 atom stereocenters. The Kier molecular flexibility index (Phi) is 13.6. The molecule has 2 aliphatic carbocycles. The monoisotopic (exact) mass is 338 g/mol. The van der Waals surface area contributed by atoms with E-state index >= 15 is 0 Å². The van der Waals surface area contributed by atoms with Crippen LogP contribution in [0.15, 0.2) is 66.8 Å². The van der Waals surface area contributed by atoms with E-state index in [9.17, 15) is 0 Å². The van der Waals surface area contributed by atoms with E-state index in [2.05, 4.69) is 29.5 Å². The summed E-state index contributed by atoms with van der Waals surface area (Å²) in [4.78, 5) is 0. The molecule has 1 aromatic rings. The van der Waals surface area contributed by atoms with Crippen LogP contribution in [-0.4, -0.2) is 4.51 Å².